The first-order chi connectivity index (χ1) is 10.6. The fourth-order valence-corrected chi connectivity index (χ4v) is 1.69. The molecule has 10 nitrogen and oxygen atoms in total. The van der Waals surface area contributed by atoms with Gasteiger partial charge in [0, 0.05) is 5.56 Å². The Balaban J connectivity index is 2.01. The second-order valence-electron chi connectivity index (χ2n) is 4.11. The first-order valence-electron chi connectivity index (χ1n) is 6.00. The zero-order chi connectivity index (χ0) is 15.5. The molecule has 0 atom stereocenters. The van der Waals surface area contributed by atoms with Crippen LogP contribution in [0.4, 0.5) is 11.5 Å². The van der Waals surface area contributed by atoms with E-state index in [1.165, 1.54) is 0 Å². The summed E-state index contributed by atoms with van der Waals surface area (Å²) in [5, 5.41) is 24.1. The topological polar surface area (TPSA) is 150 Å². The monoisotopic (exact) mass is 300 g/mol. The predicted octanol–water partition coefficient (Wildman–Crippen LogP) is 1.23. The third-order valence-corrected chi connectivity index (χ3v) is 2.66. The summed E-state index contributed by atoms with van der Waals surface area (Å²) in [4.78, 5) is 26.4. The Kier molecular flexibility index (Phi) is 3.32. The molecule has 0 aliphatic heterocycles. The van der Waals surface area contributed by atoms with Gasteiger partial charge in [0.25, 0.3) is 5.56 Å². The van der Waals surface area contributed by atoms with E-state index in [1.807, 2.05) is 16.0 Å². The van der Waals surface area contributed by atoms with E-state index < -0.39 is 22.8 Å². The summed E-state index contributed by atoms with van der Waals surface area (Å²) < 4.78 is 4.61. The van der Waals surface area contributed by atoms with Crippen LogP contribution >= 0.6 is 0 Å². The van der Waals surface area contributed by atoms with Gasteiger partial charge in [-0.3, -0.25) is 14.8 Å². The molecule has 2 heterocycles. The Morgan fingerprint density at radius 1 is 1.05 bits per heavy atom. The molecule has 3 rings (SSSR count). The van der Waals surface area contributed by atoms with Gasteiger partial charge in [-0.2, -0.15) is 0 Å². The Hall–Kier alpha value is -3.56. The van der Waals surface area contributed by atoms with Crippen LogP contribution in [0.1, 0.15) is 0 Å². The third kappa shape index (κ3) is 2.52. The lowest BCUT2D eigenvalue weighted by Gasteiger charge is -1.95. The highest BCUT2D eigenvalue weighted by molar-refractivity contribution is 5.68. The summed E-state index contributed by atoms with van der Waals surface area (Å²) in [6.07, 6.45) is 0. The van der Waals surface area contributed by atoms with Crippen molar-refractivity contribution in [2.75, 3.05) is 0 Å². The number of hydrogen-bond acceptors (Lipinski definition) is 8. The minimum Gasteiger partial charge on any atom is -0.493 e. The van der Waals surface area contributed by atoms with Crippen LogP contribution in [0.15, 0.2) is 54.8 Å². The highest BCUT2D eigenvalue weighted by atomic mass is 16.6. The van der Waals surface area contributed by atoms with Gasteiger partial charge in [-0.05, 0) is 10.3 Å². The molecular weight excluding hydrogens is 292 g/mol. The molecule has 0 saturated heterocycles. The van der Waals surface area contributed by atoms with Crippen molar-refractivity contribution < 1.29 is 9.74 Å². The second-order valence-corrected chi connectivity index (χ2v) is 4.11. The van der Waals surface area contributed by atoms with E-state index in [0.29, 0.717) is 11.3 Å². The van der Waals surface area contributed by atoms with E-state index in [9.17, 15) is 14.7 Å². The minimum absolute atomic E-state index is 0.0243. The van der Waals surface area contributed by atoms with Crippen molar-refractivity contribution in [3.8, 4) is 17.1 Å². The molecule has 0 fully saturated rings. The fraction of sp³-hybridized carbons (Fsp3) is 0. The van der Waals surface area contributed by atoms with Gasteiger partial charge >= 0.3 is 5.69 Å². The molecule has 110 valence electrons. The SMILES string of the molecule is O=c1[nH]c(O)c(N=Nc2nonc2-c2ccccc2)c(=O)[nH]1. The van der Waals surface area contributed by atoms with Crippen LogP contribution in [0.5, 0.6) is 5.88 Å². The van der Waals surface area contributed by atoms with Crippen LogP contribution in [-0.2, 0) is 0 Å². The molecule has 3 N–H and O–H groups in total. The van der Waals surface area contributed by atoms with Crippen LogP contribution in [0, 0.1) is 0 Å². The Labute approximate surface area is 121 Å². The van der Waals surface area contributed by atoms with Crippen molar-refractivity contribution in [1.29, 1.82) is 0 Å². The van der Waals surface area contributed by atoms with Gasteiger partial charge in [0.05, 0.1) is 0 Å². The molecule has 0 unspecified atom stereocenters. The summed E-state index contributed by atoms with van der Waals surface area (Å²) in [5.74, 6) is -0.675. The lowest BCUT2D eigenvalue weighted by atomic mass is 10.2. The maximum atomic E-state index is 11.5. The highest BCUT2D eigenvalue weighted by Gasteiger charge is 2.13. The van der Waals surface area contributed by atoms with E-state index in [2.05, 4.69) is 25.2 Å². The van der Waals surface area contributed by atoms with Crippen LogP contribution in [0.3, 0.4) is 0 Å². The fourth-order valence-electron chi connectivity index (χ4n) is 1.69. The first kappa shape index (κ1) is 13.4. The van der Waals surface area contributed by atoms with Crippen LogP contribution in [0.2, 0.25) is 0 Å². The van der Waals surface area contributed by atoms with Gasteiger partial charge < -0.3 is 5.11 Å². The number of H-pyrrole nitrogens is 2. The number of nitrogens with zero attached hydrogens (tertiary/aromatic N) is 4. The largest absolute Gasteiger partial charge is 0.493 e. The zero-order valence-corrected chi connectivity index (χ0v) is 10.8. The Morgan fingerprint density at radius 3 is 2.55 bits per heavy atom. The van der Waals surface area contributed by atoms with E-state index in [1.54, 1.807) is 24.3 Å². The third-order valence-electron chi connectivity index (χ3n) is 2.66. The van der Waals surface area contributed by atoms with Crippen molar-refractivity contribution in [2.45, 2.75) is 0 Å². The van der Waals surface area contributed by atoms with Crippen LogP contribution < -0.4 is 11.2 Å². The summed E-state index contributed by atoms with van der Waals surface area (Å²) >= 11 is 0. The summed E-state index contributed by atoms with van der Waals surface area (Å²) in [5.41, 5.74) is -1.18. The van der Waals surface area contributed by atoms with Crippen molar-refractivity contribution in [2.24, 2.45) is 10.2 Å². The molecule has 0 aliphatic rings. The van der Waals surface area contributed by atoms with Gasteiger partial charge in [-0.25, -0.2) is 9.42 Å². The van der Waals surface area contributed by atoms with Crippen molar-refractivity contribution in [3.63, 3.8) is 0 Å². The molecule has 3 aromatic rings. The number of aromatic amines is 2. The molecule has 0 amide bonds. The maximum Gasteiger partial charge on any atom is 0.328 e. The van der Waals surface area contributed by atoms with E-state index in [-0.39, 0.29) is 5.82 Å². The Bertz CT molecular complexity index is 940. The normalized spacial score (nSPS) is 11.1. The maximum absolute atomic E-state index is 11.5. The van der Waals surface area contributed by atoms with E-state index >= 15 is 0 Å². The molecule has 22 heavy (non-hydrogen) atoms. The molecule has 0 bridgehead atoms. The number of aromatic nitrogens is 4. The van der Waals surface area contributed by atoms with Crippen LogP contribution in [-0.4, -0.2) is 25.4 Å². The van der Waals surface area contributed by atoms with Crippen molar-refractivity contribution in [3.05, 3.63) is 51.2 Å². The minimum atomic E-state index is -0.886. The summed E-state index contributed by atoms with van der Waals surface area (Å²) in [7, 11) is 0. The quantitative estimate of drug-likeness (QED) is 0.619. The van der Waals surface area contributed by atoms with Gasteiger partial charge in [-0.15, -0.1) is 10.2 Å². The molecular formula is C12H8N6O4. The van der Waals surface area contributed by atoms with Crippen molar-refractivity contribution in [1.82, 2.24) is 20.3 Å². The van der Waals surface area contributed by atoms with Gasteiger partial charge in [0.2, 0.25) is 17.4 Å². The number of aromatic hydroxyl groups is 1. The molecule has 1 aromatic carbocycles. The van der Waals surface area contributed by atoms with Crippen molar-refractivity contribution >= 4 is 11.5 Å². The van der Waals surface area contributed by atoms with E-state index in [4.69, 9.17) is 0 Å². The lowest BCUT2D eigenvalue weighted by Crippen LogP contribution is -2.20. The second kappa shape index (κ2) is 5.44. The molecule has 0 spiro atoms. The first-order valence-corrected chi connectivity index (χ1v) is 6.00. The Morgan fingerprint density at radius 2 is 1.82 bits per heavy atom. The van der Waals surface area contributed by atoms with Gasteiger partial charge in [0.1, 0.15) is 0 Å². The molecule has 2 aromatic heterocycles. The number of azo groups is 1. The number of hydrogen-bond donors (Lipinski definition) is 3. The van der Waals surface area contributed by atoms with Gasteiger partial charge in [-0.1, -0.05) is 30.3 Å². The average Bonchev–Trinajstić information content (AvgIpc) is 2.95. The lowest BCUT2D eigenvalue weighted by molar-refractivity contribution is 0.309. The summed E-state index contributed by atoms with van der Waals surface area (Å²) in [6.45, 7) is 0. The molecule has 0 aliphatic carbocycles. The van der Waals surface area contributed by atoms with E-state index in [0.717, 1.165) is 0 Å². The number of benzene rings is 1. The van der Waals surface area contributed by atoms with Gasteiger partial charge in [0.15, 0.2) is 5.69 Å². The predicted molar refractivity (Wildman–Crippen MR) is 73.3 cm³/mol. The molecule has 0 saturated carbocycles. The number of rotatable bonds is 3. The van der Waals surface area contributed by atoms with Crippen LogP contribution in [0.25, 0.3) is 11.3 Å². The zero-order valence-electron chi connectivity index (χ0n) is 10.8. The molecule has 0 radical (unpaired) electrons. The summed E-state index contributed by atoms with van der Waals surface area (Å²) in [6, 6.07) is 8.95. The number of nitrogens with one attached hydrogen (secondary N) is 2. The molecule has 10 heteroatoms. The smallest absolute Gasteiger partial charge is 0.328 e. The average molecular weight is 300 g/mol. The highest BCUT2D eigenvalue weighted by Crippen LogP contribution is 2.28. The standard InChI is InChI=1S/C12H8N6O4/c19-10-8(11(20)14-12(21)13-10)15-16-9-7(17-22-18-9)6-4-2-1-3-5-6/h1-5H,(H3,13,14,19,20,21).